The van der Waals surface area contributed by atoms with Gasteiger partial charge in [0.2, 0.25) is 5.91 Å². The van der Waals surface area contributed by atoms with Crippen molar-refractivity contribution in [2.75, 3.05) is 11.9 Å². The molecule has 1 atom stereocenters. The molecule has 4 aromatic rings. The van der Waals surface area contributed by atoms with Crippen LogP contribution in [0.3, 0.4) is 0 Å². The number of Topliss-reactive ketones (excluding diaryl/α,β-unsaturated/α-hetero) is 1. The second-order valence-electron chi connectivity index (χ2n) is 10.6. The maximum atomic E-state index is 13.9. The number of aromatic nitrogens is 2. The SMILES string of the molecule is O=C(c1cccc2cccnc12)C1CCC(CN2C(=O)c3ccc(Cl)cc3NC(=O)[C@H]2Cc2ccccn2)CC1. The van der Waals surface area contributed by atoms with Gasteiger partial charge in [0.15, 0.2) is 5.78 Å². The highest BCUT2D eigenvalue weighted by Crippen LogP contribution is 2.35. The Morgan fingerprint density at radius 3 is 2.52 bits per heavy atom. The molecule has 40 heavy (non-hydrogen) atoms. The van der Waals surface area contributed by atoms with E-state index in [1.54, 1.807) is 35.5 Å². The maximum absolute atomic E-state index is 13.9. The Morgan fingerprint density at radius 1 is 0.925 bits per heavy atom. The Hall–Kier alpha value is -4.10. The molecule has 0 radical (unpaired) electrons. The summed E-state index contributed by atoms with van der Waals surface area (Å²) in [6, 6.07) is 19.4. The lowest BCUT2D eigenvalue weighted by Gasteiger charge is -2.35. The van der Waals surface area contributed by atoms with Crippen LogP contribution in [0.25, 0.3) is 10.9 Å². The summed E-state index contributed by atoms with van der Waals surface area (Å²) in [6.45, 7) is 0.433. The molecule has 0 unspecified atom stereocenters. The summed E-state index contributed by atoms with van der Waals surface area (Å²) in [7, 11) is 0. The summed E-state index contributed by atoms with van der Waals surface area (Å²) in [5.41, 5.74) is 3.01. The van der Waals surface area contributed by atoms with Crippen molar-refractivity contribution in [3.05, 3.63) is 101 Å². The number of para-hydroxylation sites is 1. The molecule has 2 amide bonds. The van der Waals surface area contributed by atoms with E-state index >= 15 is 0 Å². The van der Waals surface area contributed by atoms with Gasteiger partial charge in [-0.3, -0.25) is 24.4 Å². The molecule has 6 rings (SSSR count). The second-order valence-corrected chi connectivity index (χ2v) is 11.1. The number of carbonyl (C=O) groups excluding carboxylic acids is 3. The molecule has 1 fully saturated rings. The molecule has 3 heterocycles. The van der Waals surface area contributed by atoms with Crippen LogP contribution in [-0.4, -0.2) is 45.1 Å². The molecular formula is C32H29ClN4O3. The Balaban J connectivity index is 1.21. The second kappa shape index (κ2) is 11.2. The van der Waals surface area contributed by atoms with E-state index in [9.17, 15) is 14.4 Å². The molecule has 0 spiro atoms. The molecule has 1 N–H and O–H groups in total. The number of rotatable bonds is 6. The fourth-order valence-corrected chi connectivity index (χ4v) is 6.17. The Bertz CT molecular complexity index is 1580. The van der Waals surface area contributed by atoms with Crippen LogP contribution in [-0.2, 0) is 11.2 Å². The Labute approximate surface area is 237 Å². The van der Waals surface area contributed by atoms with Gasteiger partial charge < -0.3 is 10.2 Å². The first-order valence-corrected chi connectivity index (χ1v) is 14.0. The van der Waals surface area contributed by atoms with Gasteiger partial charge in [-0.05, 0) is 74.1 Å². The van der Waals surface area contributed by atoms with Gasteiger partial charge in [-0.2, -0.15) is 0 Å². The molecule has 1 saturated carbocycles. The van der Waals surface area contributed by atoms with Crippen LogP contribution in [0.4, 0.5) is 5.69 Å². The van der Waals surface area contributed by atoms with Gasteiger partial charge in [0.05, 0.1) is 16.8 Å². The largest absolute Gasteiger partial charge is 0.326 e. The zero-order chi connectivity index (χ0) is 27.6. The van der Waals surface area contributed by atoms with Gasteiger partial charge in [-0.1, -0.05) is 35.9 Å². The number of amides is 2. The number of carbonyl (C=O) groups is 3. The molecule has 0 bridgehead atoms. The molecule has 2 aromatic carbocycles. The lowest BCUT2D eigenvalue weighted by Crippen LogP contribution is -2.49. The highest BCUT2D eigenvalue weighted by molar-refractivity contribution is 6.31. The minimum absolute atomic E-state index is 0.0841. The van der Waals surface area contributed by atoms with Gasteiger partial charge in [0.25, 0.3) is 5.91 Å². The summed E-state index contributed by atoms with van der Waals surface area (Å²) in [6.07, 6.45) is 6.78. The Kier molecular flexibility index (Phi) is 7.30. The number of ketones is 1. The molecule has 7 nitrogen and oxygen atoms in total. The highest BCUT2D eigenvalue weighted by Gasteiger charge is 2.38. The van der Waals surface area contributed by atoms with Crippen LogP contribution >= 0.6 is 11.6 Å². The number of halogens is 1. The Morgan fingerprint density at radius 2 is 1.73 bits per heavy atom. The zero-order valence-electron chi connectivity index (χ0n) is 21.9. The van der Waals surface area contributed by atoms with E-state index in [2.05, 4.69) is 15.3 Å². The van der Waals surface area contributed by atoms with Gasteiger partial charge in [0, 0.05) is 52.9 Å². The lowest BCUT2D eigenvalue weighted by atomic mass is 9.78. The summed E-state index contributed by atoms with van der Waals surface area (Å²) < 4.78 is 0. The van der Waals surface area contributed by atoms with Crippen LogP contribution in [0.15, 0.2) is 79.1 Å². The molecular weight excluding hydrogens is 524 g/mol. The van der Waals surface area contributed by atoms with Crippen molar-refractivity contribution in [1.29, 1.82) is 0 Å². The van der Waals surface area contributed by atoms with Crippen molar-refractivity contribution in [2.24, 2.45) is 11.8 Å². The van der Waals surface area contributed by atoms with Crippen molar-refractivity contribution >= 4 is 45.8 Å². The van der Waals surface area contributed by atoms with Gasteiger partial charge in [-0.25, -0.2) is 0 Å². The fraction of sp³-hybridized carbons (Fsp3) is 0.281. The molecule has 202 valence electrons. The van der Waals surface area contributed by atoms with Crippen molar-refractivity contribution in [2.45, 2.75) is 38.1 Å². The fourth-order valence-electron chi connectivity index (χ4n) is 6.00. The minimum atomic E-state index is -0.713. The standard InChI is InChI=1S/C32H29ClN4O3/c33-23-13-14-25-27(17-23)36-31(39)28(18-24-7-1-2-15-34-24)37(32(25)40)19-20-9-11-22(12-10-20)30(38)26-8-3-5-21-6-4-16-35-29(21)26/h1-8,13-17,20,22,28H,9-12,18-19H2,(H,36,39)/t20?,22?,28-/m1/s1. The van der Waals surface area contributed by atoms with Gasteiger partial charge in [-0.15, -0.1) is 0 Å². The number of fused-ring (bicyclic) bond motifs is 2. The van der Waals surface area contributed by atoms with Crippen LogP contribution < -0.4 is 5.32 Å². The van der Waals surface area contributed by atoms with E-state index in [4.69, 9.17) is 11.6 Å². The first kappa shape index (κ1) is 26.1. The van der Waals surface area contributed by atoms with Crippen molar-refractivity contribution in [3.63, 3.8) is 0 Å². The number of nitrogens with one attached hydrogen (secondary N) is 1. The third-order valence-corrected chi connectivity index (χ3v) is 8.34. The topological polar surface area (TPSA) is 92.3 Å². The number of hydrogen-bond donors (Lipinski definition) is 1. The predicted octanol–water partition coefficient (Wildman–Crippen LogP) is 5.98. The summed E-state index contributed by atoms with van der Waals surface area (Å²) in [5.74, 6) is -0.240. The van der Waals surface area contributed by atoms with E-state index < -0.39 is 6.04 Å². The van der Waals surface area contributed by atoms with Crippen molar-refractivity contribution < 1.29 is 14.4 Å². The summed E-state index contributed by atoms with van der Waals surface area (Å²) in [4.78, 5) is 51.4. The van der Waals surface area contributed by atoms with Crippen molar-refractivity contribution in [1.82, 2.24) is 14.9 Å². The summed E-state index contributed by atoms with van der Waals surface area (Å²) >= 11 is 6.18. The van der Waals surface area contributed by atoms with E-state index in [0.29, 0.717) is 34.8 Å². The minimum Gasteiger partial charge on any atom is -0.326 e. The number of hydrogen-bond acceptors (Lipinski definition) is 5. The van der Waals surface area contributed by atoms with E-state index in [1.807, 2.05) is 48.5 Å². The first-order valence-electron chi connectivity index (χ1n) is 13.7. The van der Waals surface area contributed by atoms with Gasteiger partial charge in [0.1, 0.15) is 6.04 Å². The predicted molar refractivity (Wildman–Crippen MR) is 154 cm³/mol. The molecule has 2 aromatic heterocycles. The molecule has 8 heteroatoms. The maximum Gasteiger partial charge on any atom is 0.256 e. The first-order chi connectivity index (χ1) is 19.5. The normalized spacial score (nSPS) is 21.0. The quantitative estimate of drug-likeness (QED) is 0.297. The van der Waals surface area contributed by atoms with Crippen LogP contribution in [0.5, 0.6) is 0 Å². The highest BCUT2D eigenvalue weighted by atomic mass is 35.5. The average Bonchev–Trinajstić information content (AvgIpc) is 3.07. The molecule has 1 aliphatic heterocycles. The molecule has 1 aliphatic carbocycles. The lowest BCUT2D eigenvalue weighted by molar-refractivity contribution is -0.120. The van der Waals surface area contributed by atoms with Crippen molar-refractivity contribution in [3.8, 4) is 0 Å². The number of anilines is 1. The molecule has 2 aliphatic rings. The zero-order valence-corrected chi connectivity index (χ0v) is 22.7. The average molecular weight is 553 g/mol. The number of benzene rings is 2. The monoisotopic (exact) mass is 552 g/mol. The van der Waals surface area contributed by atoms with Crippen LogP contribution in [0.1, 0.15) is 52.1 Å². The van der Waals surface area contributed by atoms with Crippen LogP contribution in [0.2, 0.25) is 5.02 Å². The number of nitrogens with zero attached hydrogens (tertiary/aromatic N) is 3. The van der Waals surface area contributed by atoms with E-state index in [-0.39, 0.29) is 29.4 Å². The smallest absolute Gasteiger partial charge is 0.256 e. The summed E-state index contributed by atoms with van der Waals surface area (Å²) in [5, 5.41) is 4.33. The number of pyridine rings is 2. The third kappa shape index (κ3) is 5.21. The van der Waals surface area contributed by atoms with E-state index in [1.165, 1.54) is 0 Å². The third-order valence-electron chi connectivity index (χ3n) is 8.11. The molecule has 0 saturated heterocycles. The van der Waals surface area contributed by atoms with Gasteiger partial charge >= 0.3 is 0 Å². The van der Waals surface area contributed by atoms with E-state index in [0.717, 1.165) is 42.3 Å². The van der Waals surface area contributed by atoms with Crippen LogP contribution in [0, 0.1) is 11.8 Å².